The molecule has 1 aromatic carbocycles. The summed E-state index contributed by atoms with van der Waals surface area (Å²) in [6.07, 6.45) is 12.0. The number of H-pyrrole nitrogens is 2. The summed E-state index contributed by atoms with van der Waals surface area (Å²) in [6.45, 7) is 6.73. The zero-order chi connectivity index (χ0) is 19.3. The molecule has 0 bridgehead atoms. The van der Waals surface area contributed by atoms with Gasteiger partial charge in [-0.05, 0) is 29.9 Å². The highest BCUT2D eigenvalue weighted by Gasteiger charge is 2.41. The number of Topliss-reactive ketones (excluding diaryl/α,β-unsaturated/α-hetero) is 1. The van der Waals surface area contributed by atoms with E-state index in [-0.39, 0.29) is 17.1 Å². The van der Waals surface area contributed by atoms with Crippen LogP contribution >= 0.6 is 0 Å². The van der Waals surface area contributed by atoms with Crippen LogP contribution in [-0.2, 0) is 0 Å². The molecule has 144 valence electrons. The van der Waals surface area contributed by atoms with Gasteiger partial charge in [0.15, 0.2) is 5.82 Å². The molecule has 0 saturated carbocycles. The fourth-order valence-electron chi connectivity index (χ4n) is 4.28. The van der Waals surface area contributed by atoms with Crippen LogP contribution in [0.3, 0.4) is 0 Å². The SMILES string of the molecule is CCCCC(C)(CCCC)C(C(=O)c1ncc[nH]1)c1c[nH]c2ccccc12. The number of fused-ring (bicyclic) bond motifs is 1. The number of unbranched alkanes of at least 4 members (excludes halogenated alkanes) is 2. The summed E-state index contributed by atoms with van der Waals surface area (Å²) >= 11 is 0. The first-order valence-corrected chi connectivity index (χ1v) is 10.2. The van der Waals surface area contributed by atoms with Gasteiger partial charge in [-0.1, -0.05) is 64.7 Å². The Labute approximate surface area is 161 Å². The maximum atomic E-state index is 13.6. The van der Waals surface area contributed by atoms with Gasteiger partial charge < -0.3 is 9.97 Å². The molecule has 3 rings (SSSR count). The Bertz CT molecular complexity index is 855. The van der Waals surface area contributed by atoms with Gasteiger partial charge >= 0.3 is 0 Å². The van der Waals surface area contributed by atoms with E-state index in [9.17, 15) is 4.79 Å². The van der Waals surface area contributed by atoms with Crippen LogP contribution < -0.4 is 0 Å². The van der Waals surface area contributed by atoms with Crippen molar-refractivity contribution >= 4 is 16.7 Å². The number of nitrogens with zero attached hydrogens (tertiary/aromatic N) is 1. The van der Waals surface area contributed by atoms with Crippen molar-refractivity contribution in [1.29, 1.82) is 0 Å². The lowest BCUT2D eigenvalue weighted by Crippen LogP contribution is -2.32. The summed E-state index contributed by atoms with van der Waals surface area (Å²) in [5.74, 6) is 0.349. The van der Waals surface area contributed by atoms with E-state index in [1.165, 1.54) is 0 Å². The molecule has 3 aromatic rings. The van der Waals surface area contributed by atoms with Gasteiger partial charge in [0.25, 0.3) is 0 Å². The monoisotopic (exact) mass is 365 g/mol. The molecule has 0 fully saturated rings. The molecule has 2 N–H and O–H groups in total. The van der Waals surface area contributed by atoms with Crippen LogP contribution in [-0.4, -0.2) is 20.7 Å². The molecule has 2 heterocycles. The number of ketones is 1. The number of imidazole rings is 1. The normalized spacial score (nSPS) is 13.1. The van der Waals surface area contributed by atoms with Crippen molar-refractivity contribution in [3.63, 3.8) is 0 Å². The number of carbonyl (C=O) groups excluding carboxylic acids is 1. The van der Waals surface area contributed by atoms with E-state index in [4.69, 9.17) is 0 Å². The van der Waals surface area contributed by atoms with E-state index in [0.29, 0.717) is 5.82 Å². The lowest BCUT2D eigenvalue weighted by molar-refractivity contribution is 0.0830. The van der Waals surface area contributed by atoms with Crippen molar-refractivity contribution in [3.8, 4) is 0 Å². The van der Waals surface area contributed by atoms with Gasteiger partial charge in [0.05, 0.1) is 5.92 Å². The highest BCUT2D eigenvalue weighted by Crippen LogP contribution is 2.47. The highest BCUT2D eigenvalue weighted by molar-refractivity contribution is 6.01. The molecule has 4 nitrogen and oxygen atoms in total. The number of aromatic amines is 2. The van der Waals surface area contributed by atoms with Crippen LogP contribution in [0.25, 0.3) is 10.9 Å². The van der Waals surface area contributed by atoms with E-state index < -0.39 is 0 Å². The van der Waals surface area contributed by atoms with Crippen LogP contribution in [0.2, 0.25) is 0 Å². The van der Waals surface area contributed by atoms with Gasteiger partial charge in [0.2, 0.25) is 5.78 Å². The minimum Gasteiger partial charge on any atom is -0.361 e. The zero-order valence-corrected chi connectivity index (χ0v) is 16.7. The molecule has 0 aliphatic rings. The summed E-state index contributed by atoms with van der Waals surface area (Å²) in [5.41, 5.74) is 2.08. The second-order valence-corrected chi connectivity index (χ2v) is 7.89. The predicted molar refractivity (Wildman–Crippen MR) is 111 cm³/mol. The molecule has 0 aliphatic carbocycles. The summed E-state index contributed by atoms with van der Waals surface area (Å²) in [7, 11) is 0. The molecule has 27 heavy (non-hydrogen) atoms. The summed E-state index contributed by atoms with van der Waals surface area (Å²) in [5, 5.41) is 1.14. The minimum atomic E-state index is -0.210. The molecule has 0 saturated heterocycles. The number of rotatable bonds is 10. The molecule has 0 spiro atoms. The Hall–Kier alpha value is -2.36. The van der Waals surface area contributed by atoms with E-state index in [2.05, 4.69) is 47.9 Å². The topological polar surface area (TPSA) is 61.5 Å². The largest absolute Gasteiger partial charge is 0.361 e. The first-order valence-electron chi connectivity index (χ1n) is 10.2. The van der Waals surface area contributed by atoms with E-state index in [0.717, 1.165) is 55.0 Å². The Morgan fingerprint density at radius 3 is 2.44 bits per heavy atom. The second kappa shape index (κ2) is 8.55. The van der Waals surface area contributed by atoms with Crippen molar-refractivity contribution in [1.82, 2.24) is 15.0 Å². The van der Waals surface area contributed by atoms with Gasteiger partial charge in [0.1, 0.15) is 0 Å². The van der Waals surface area contributed by atoms with Crippen molar-refractivity contribution in [2.24, 2.45) is 5.41 Å². The Morgan fingerprint density at radius 2 is 1.81 bits per heavy atom. The molecule has 2 aromatic heterocycles. The van der Waals surface area contributed by atoms with Gasteiger partial charge in [-0.25, -0.2) is 4.98 Å². The average Bonchev–Trinajstić information content (AvgIpc) is 3.35. The fourth-order valence-corrected chi connectivity index (χ4v) is 4.28. The smallest absolute Gasteiger partial charge is 0.206 e. The number of aromatic nitrogens is 3. The first-order chi connectivity index (χ1) is 13.1. The first kappa shape index (κ1) is 19.4. The molecular weight excluding hydrogens is 334 g/mol. The third-order valence-corrected chi connectivity index (χ3v) is 5.83. The quantitative estimate of drug-likeness (QED) is 0.417. The lowest BCUT2D eigenvalue weighted by Gasteiger charge is -2.37. The van der Waals surface area contributed by atoms with Crippen LogP contribution in [0.1, 0.15) is 81.4 Å². The number of hydrogen-bond donors (Lipinski definition) is 2. The van der Waals surface area contributed by atoms with Crippen molar-refractivity contribution in [3.05, 3.63) is 54.2 Å². The van der Waals surface area contributed by atoms with Crippen LogP contribution in [0.5, 0.6) is 0 Å². The minimum absolute atomic E-state index is 0.0964. The van der Waals surface area contributed by atoms with Crippen molar-refractivity contribution in [2.45, 2.75) is 65.2 Å². The second-order valence-electron chi connectivity index (χ2n) is 7.89. The Balaban J connectivity index is 2.12. The number of hydrogen-bond acceptors (Lipinski definition) is 2. The van der Waals surface area contributed by atoms with Crippen LogP contribution in [0.4, 0.5) is 0 Å². The van der Waals surface area contributed by atoms with Crippen molar-refractivity contribution < 1.29 is 4.79 Å². The summed E-state index contributed by atoms with van der Waals surface area (Å²) in [4.78, 5) is 24.3. The standard InChI is InChI=1S/C23H31N3O/c1-4-6-12-23(3,13-7-5-2)20(21(27)22-24-14-15-25-22)18-16-26-19-11-9-8-10-17(18)19/h8-11,14-16,20,26H,4-7,12-13H2,1-3H3,(H,24,25). The number of para-hydroxylation sites is 1. The maximum Gasteiger partial charge on any atom is 0.206 e. The summed E-state index contributed by atoms with van der Waals surface area (Å²) in [6, 6.07) is 8.26. The Morgan fingerprint density at radius 1 is 1.11 bits per heavy atom. The molecule has 1 atom stereocenters. The fraction of sp³-hybridized carbons (Fsp3) is 0.478. The third kappa shape index (κ3) is 4.00. The Kier molecular flexibility index (Phi) is 6.15. The molecule has 4 heteroatoms. The van der Waals surface area contributed by atoms with Gasteiger partial charge in [-0.2, -0.15) is 0 Å². The van der Waals surface area contributed by atoms with Gasteiger partial charge in [-0.15, -0.1) is 0 Å². The van der Waals surface area contributed by atoms with Gasteiger partial charge in [0, 0.05) is 29.5 Å². The maximum absolute atomic E-state index is 13.6. The molecule has 0 amide bonds. The summed E-state index contributed by atoms with van der Waals surface area (Å²) < 4.78 is 0. The van der Waals surface area contributed by atoms with Crippen LogP contribution in [0, 0.1) is 5.41 Å². The molecule has 0 radical (unpaired) electrons. The van der Waals surface area contributed by atoms with Gasteiger partial charge in [-0.3, -0.25) is 4.79 Å². The number of carbonyl (C=O) groups is 1. The van der Waals surface area contributed by atoms with Crippen LogP contribution in [0.15, 0.2) is 42.9 Å². The highest BCUT2D eigenvalue weighted by atomic mass is 16.1. The van der Waals surface area contributed by atoms with E-state index in [1.54, 1.807) is 12.4 Å². The molecular formula is C23H31N3O. The third-order valence-electron chi connectivity index (χ3n) is 5.83. The predicted octanol–water partition coefficient (Wildman–Crippen LogP) is 6.24. The zero-order valence-electron chi connectivity index (χ0n) is 16.7. The lowest BCUT2D eigenvalue weighted by atomic mass is 9.65. The molecule has 1 unspecified atom stereocenters. The molecule has 0 aliphatic heterocycles. The average molecular weight is 366 g/mol. The number of nitrogens with one attached hydrogen (secondary N) is 2. The van der Waals surface area contributed by atoms with Crippen molar-refractivity contribution in [2.75, 3.05) is 0 Å². The number of benzene rings is 1. The van der Waals surface area contributed by atoms with E-state index >= 15 is 0 Å². The van der Waals surface area contributed by atoms with E-state index in [1.807, 2.05) is 18.3 Å².